The fourth-order valence-corrected chi connectivity index (χ4v) is 5.23. The number of nitrogens with two attached hydrogens (primary N) is 1. The summed E-state index contributed by atoms with van der Waals surface area (Å²) in [5.74, 6) is 0.834. The largest absolute Gasteiger partial charge is 0.508 e. The highest BCUT2D eigenvalue weighted by Crippen LogP contribution is 2.25. The van der Waals surface area contributed by atoms with Crippen molar-refractivity contribution in [3.63, 3.8) is 0 Å². The Bertz CT molecular complexity index is 1550. The minimum absolute atomic E-state index is 0.00346. The number of phenolic OH excluding ortho intramolecular Hbond substituents is 1. The summed E-state index contributed by atoms with van der Waals surface area (Å²) < 4.78 is 27.3. The van der Waals surface area contributed by atoms with E-state index in [0.29, 0.717) is 30.3 Å². The lowest BCUT2D eigenvalue weighted by molar-refractivity contribution is -0.0592. The number of phenols is 1. The average Bonchev–Trinajstić information content (AvgIpc) is 3.27. The van der Waals surface area contributed by atoms with Crippen LogP contribution in [0, 0.1) is 5.82 Å². The first-order chi connectivity index (χ1) is 19.9. The van der Waals surface area contributed by atoms with E-state index >= 15 is 0 Å². The third kappa shape index (κ3) is 6.23. The summed E-state index contributed by atoms with van der Waals surface area (Å²) in [5, 5.41) is 12.9. The summed E-state index contributed by atoms with van der Waals surface area (Å²) >= 11 is 0. The minimum Gasteiger partial charge on any atom is -0.508 e. The van der Waals surface area contributed by atoms with Gasteiger partial charge in [-0.1, -0.05) is 0 Å². The summed E-state index contributed by atoms with van der Waals surface area (Å²) in [6, 6.07) is 11.2. The second-order valence-electron chi connectivity index (χ2n) is 10.4. The molecule has 4 N–H and O–H groups in total. The number of primary amides is 1. The lowest BCUT2D eigenvalue weighted by Crippen LogP contribution is -2.39. The average molecular weight is 562 g/mol. The van der Waals surface area contributed by atoms with Crippen LogP contribution in [0.2, 0.25) is 0 Å². The van der Waals surface area contributed by atoms with E-state index < -0.39 is 11.7 Å². The molecule has 1 atom stereocenters. The lowest BCUT2D eigenvalue weighted by Gasteiger charge is -2.33. The zero-order valence-corrected chi connectivity index (χ0v) is 22.5. The van der Waals surface area contributed by atoms with Crippen LogP contribution in [0.5, 0.6) is 11.5 Å². The molecule has 41 heavy (non-hydrogen) atoms. The van der Waals surface area contributed by atoms with E-state index in [-0.39, 0.29) is 30.3 Å². The van der Waals surface area contributed by atoms with Crippen LogP contribution in [0.15, 0.2) is 48.7 Å². The maximum absolute atomic E-state index is 13.9. The number of aromatic nitrogens is 4. The molecule has 0 aliphatic carbocycles. The summed E-state index contributed by atoms with van der Waals surface area (Å²) in [4.78, 5) is 27.8. The maximum Gasteiger partial charge on any atom is 0.248 e. The number of hydrogen-bond donors (Lipinski definition) is 3. The van der Waals surface area contributed by atoms with Gasteiger partial charge in [0.25, 0.3) is 0 Å². The Labute approximate surface area is 236 Å². The highest BCUT2D eigenvalue weighted by molar-refractivity contribution is 5.96. The molecule has 0 radical (unpaired) electrons. The van der Waals surface area contributed by atoms with Crippen LogP contribution in [0.1, 0.15) is 41.3 Å². The number of hydrogen-bond acceptors (Lipinski definition) is 9. The van der Waals surface area contributed by atoms with Gasteiger partial charge >= 0.3 is 0 Å². The van der Waals surface area contributed by atoms with Crippen molar-refractivity contribution in [2.24, 2.45) is 5.73 Å². The normalized spacial score (nSPS) is 17.8. The van der Waals surface area contributed by atoms with E-state index in [1.165, 1.54) is 12.1 Å². The predicted molar refractivity (Wildman–Crippen MR) is 149 cm³/mol. The highest BCUT2D eigenvalue weighted by Gasteiger charge is 2.25. The van der Waals surface area contributed by atoms with E-state index in [9.17, 15) is 14.3 Å². The molecular formula is C29H32FN7O4. The van der Waals surface area contributed by atoms with Gasteiger partial charge in [0, 0.05) is 43.6 Å². The zero-order chi connectivity index (χ0) is 28.3. The van der Waals surface area contributed by atoms with Gasteiger partial charge in [-0.2, -0.15) is 0 Å². The number of likely N-dealkylation sites (tertiary alicyclic amines) is 1. The van der Waals surface area contributed by atoms with Crippen molar-refractivity contribution in [1.82, 2.24) is 24.4 Å². The number of ether oxygens (including phenoxy) is 2. The van der Waals surface area contributed by atoms with Gasteiger partial charge in [-0.15, -0.1) is 0 Å². The van der Waals surface area contributed by atoms with Crippen molar-refractivity contribution < 1.29 is 23.8 Å². The van der Waals surface area contributed by atoms with Crippen LogP contribution < -0.4 is 15.8 Å². The number of amides is 1. The maximum atomic E-state index is 13.9. The Balaban J connectivity index is 1.06. The van der Waals surface area contributed by atoms with Gasteiger partial charge < -0.3 is 30.2 Å². The zero-order valence-electron chi connectivity index (χ0n) is 22.5. The van der Waals surface area contributed by atoms with Crippen molar-refractivity contribution in [3.8, 4) is 11.5 Å². The van der Waals surface area contributed by atoms with Crippen LogP contribution >= 0.6 is 0 Å². The van der Waals surface area contributed by atoms with Crippen LogP contribution in [0.4, 0.5) is 10.2 Å². The fraction of sp³-hybridized carbons (Fsp3) is 0.379. The molecule has 0 unspecified atom stereocenters. The number of anilines is 1. The molecule has 4 heterocycles. The van der Waals surface area contributed by atoms with Crippen molar-refractivity contribution in [2.75, 3.05) is 25.0 Å². The molecule has 0 saturated carbocycles. The van der Waals surface area contributed by atoms with Crippen LogP contribution in [0.25, 0.3) is 11.0 Å². The van der Waals surface area contributed by atoms with Crippen LogP contribution in [0.3, 0.4) is 0 Å². The van der Waals surface area contributed by atoms with Crippen molar-refractivity contribution >= 4 is 22.8 Å². The Hall–Kier alpha value is -4.29. The van der Waals surface area contributed by atoms with Crippen LogP contribution in [-0.2, 0) is 24.4 Å². The fourth-order valence-electron chi connectivity index (χ4n) is 5.23. The molecule has 2 aliphatic heterocycles. The number of piperidine rings is 1. The summed E-state index contributed by atoms with van der Waals surface area (Å²) in [6.07, 6.45) is 4.66. The number of nitrogens with zero attached hydrogens (tertiary/aromatic N) is 5. The number of aromatic hydroxyl groups is 1. The standard InChI is InChI=1S/C29H32FN7O4/c30-22-14-20(38)2-4-25(22)41-17-27-32-9-5-26(35-27)33-19-6-10-36(11-7-19)16-28-34-23-3-1-18(29(31)39)13-24(23)37(28)15-21-8-12-40-21/h1-5,9,13-14,19,21,38H,6-8,10-12,15-17H2,(H2,31,39)(H,32,33,35)/t21-/m0/s1. The molecule has 0 spiro atoms. The van der Waals surface area contributed by atoms with Crippen molar-refractivity contribution in [3.05, 3.63) is 71.7 Å². The number of carbonyl (C=O) groups excluding carboxylic acids is 1. The highest BCUT2D eigenvalue weighted by atomic mass is 19.1. The van der Waals surface area contributed by atoms with Gasteiger partial charge in [0.2, 0.25) is 5.91 Å². The second kappa shape index (κ2) is 11.7. The Morgan fingerprint density at radius 1 is 1.15 bits per heavy atom. The SMILES string of the molecule is NC(=O)c1ccc2nc(CN3CCC(Nc4ccnc(COc5ccc(O)cc5F)n4)CC3)n(C[C@@H]3CCO3)c2c1. The first kappa shape index (κ1) is 26.9. The molecular weight excluding hydrogens is 529 g/mol. The number of carbonyl (C=O) groups is 1. The molecule has 2 aromatic heterocycles. The summed E-state index contributed by atoms with van der Waals surface area (Å²) in [5.41, 5.74) is 7.75. The molecule has 6 rings (SSSR count). The molecule has 12 heteroatoms. The Morgan fingerprint density at radius 3 is 2.71 bits per heavy atom. The number of imidazole rings is 1. The molecule has 11 nitrogen and oxygen atoms in total. The van der Waals surface area contributed by atoms with Gasteiger partial charge in [0.15, 0.2) is 17.4 Å². The van der Waals surface area contributed by atoms with Crippen molar-refractivity contribution in [2.45, 2.75) is 51.1 Å². The number of rotatable bonds is 10. The molecule has 2 saturated heterocycles. The van der Waals surface area contributed by atoms with E-state index in [1.54, 1.807) is 12.3 Å². The topological polar surface area (TPSA) is 141 Å². The molecule has 0 bridgehead atoms. The monoisotopic (exact) mass is 561 g/mol. The molecule has 1 amide bonds. The second-order valence-corrected chi connectivity index (χ2v) is 10.4. The number of fused-ring (bicyclic) bond motifs is 1. The van der Waals surface area contributed by atoms with Crippen molar-refractivity contribution in [1.29, 1.82) is 0 Å². The minimum atomic E-state index is -0.645. The first-order valence-corrected chi connectivity index (χ1v) is 13.7. The third-order valence-corrected chi connectivity index (χ3v) is 7.57. The summed E-state index contributed by atoms with van der Waals surface area (Å²) in [6.45, 7) is 3.94. The van der Waals surface area contributed by atoms with E-state index in [2.05, 4.69) is 24.8 Å². The van der Waals surface area contributed by atoms with E-state index in [4.69, 9.17) is 20.2 Å². The first-order valence-electron chi connectivity index (χ1n) is 13.7. The van der Waals surface area contributed by atoms with Gasteiger partial charge in [-0.25, -0.2) is 19.3 Å². The van der Waals surface area contributed by atoms with Gasteiger partial charge in [-0.3, -0.25) is 9.69 Å². The number of halogens is 1. The lowest BCUT2D eigenvalue weighted by atomic mass is 10.1. The molecule has 2 fully saturated rings. The molecule has 4 aromatic rings. The molecule has 2 aliphatic rings. The molecule has 214 valence electrons. The number of benzene rings is 2. The van der Waals surface area contributed by atoms with E-state index in [1.807, 2.05) is 18.2 Å². The third-order valence-electron chi connectivity index (χ3n) is 7.57. The van der Waals surface area contributed by atoms with Gasteiger partial charge in [0.05, 0.1) is 30.2 Å². The van der Waals surface area contributed by atoms with E-state index in [0.717, 1.165) is 61.9 Å². The predicted octanol–water partition coefficient (Wildman–Crippen LogP) is 3.21. The molecule has 2 aromatic carbocycles. The van der Waals surface area contributed by atoms with Gasteiger partial charge in [-0.05, 0) is 55.7 Å². The Morgan fingerprint density at radius 2 is 1.98 bits per heavy atom. The summed E-state index contributed by atoms with van der Waals surface area (Å²) in [7, 11) is 0. The quantitative estimate of drug-likeness (QED) is 0.266. The smallest absolute Gasteiger partial charge is 0.248 e. The number of nitrogens with one attached hydrogen (secondary N) is 1. The van der Waals surface area contributed by atoms with Gasteiger partial charge in [0.1, 0.15) is 24.0 Å². The Kier molecular flexibility index (Phi) is 7.66. The van der Waals surface area contributed by atoms with Crippen LogP contribution in [-0.4, -0.2) is 67.3 Å².